The molecular weight excluding hydrogens is 458 g/mol. The quantitative estimate of drug-likeness (QED) is 0.380. The average molecular weight is 471 g/mol. The van der Waals surface area contributed by atoms with Gasteiger partial charge < -0.3 is 4.74 Å². The Hall–Kier alpha value is -1.61. The zero-order valence-electron chi connectivity index (χ0n) is 13.5. The van der Waals surface area contributed by atoms with Gasteiger partial charge in [-0.1, -0.05) is 62.8 Å². The molecule has 0 saturated carbocycles. The highest BCUT2D eigenvalue weighted by Gasteiger charge is 2.15. The van der Waals surface area contributed by atoms with Crippen molar-refractivity contribution in [2.75, 3.05) is 12.4 Å². The smallest absolute Gasteiger partial charge is 0.261 e. The van der Waals surface area contributed by atoms with Gasteiger partial charge in [0.05, 0.1) is 12.7 Å². The standard InChI is InChI=1S/C17H13BrClN3O2S2/c1-24-14-7-6-12(19)8-13(14)15(23)20-16-21-22-17(26-16)25-9-10-2-4-11(18)5-3-10/h2-8H,9H2,1H3,(H,20,21,23). The molecule has 0 saturated heterocycles. The van der Waals surface area contributed by atoms with E-state index in [9.17, 15) is 4.79 Å². The summed E-state index contributed by atoms with van der Waals surface area (Å²) >= 11 is 12.3. The van der Waals surface area contributed by atoms with E-state index in [0.717, 1.165) is 14.6 Å². The number of anilines is 1. The van der Waals surface area contributed by atoms with Crippen LogP contribution in [0.3, 0.4) is 0 Å². The van der Waals surface area contributed by atoms with Crippen molar-refractivity contribution in [1.82, 2.24) is 10.2 Å². The molecule has 0 aliphatic rings. The van der Waals surface area contributed by atoms with Crippen molar-refractivity contribution in [3.63, 3.8) is 0 Å². The Bertz CT molecular complexity index is 919. The minimum absolute atomic E-state index is 0.343. The van der Waals surface area contributed by atoms with Gasteiger partial charge in [0.15, 0.2) is 4.34 Å². The van der Waals surface area contributed by atoms with Crippen LogP contribution in [-0.4, -0.2) is 23.2 Å². The molecule has 0 bridgehead atoms. The fraction of sp³-hybridized carbons (Fsp3) is 0.118. The second-order valence-electron chi connectivity index (χ2n) is 5.09. The first-order chi connectivity index (χ1) is 12.5. The van der Waals surface area contributed by atoms with Gasteiger partial charge in [0, 0.05) is 15.2 Å². The van der Waals surface area contributed by atoms with Gasteiger partial charge in [0.1, 0.15) is 5.75 Å². The molecule has 0 unspecified atom stereocenters. The molecule has 3 rings (SSSR count). The molecular formula is C17H13BrClN3O2S2. The molecule has 0 aliphatic heterocycles. The predicted octanol–water partition coefficient (Wildman–Crippen LogP) is 5.51. The number of rotatable bonds is 6. The highest BCUT2D eigenvalue weighted by atomic mass is 79.9. The van der Waals surface area contributed by atoms with Crippen molar-refractivity contribution in [3.8, 4) is 5.75 Å². The molecule has 134 valence electrons. The summed E-state index contributed by atoms with van der Waals surface area (Å²) in [5.41, 5.74) is 1.53. The monoisotopic (exact) mass is 469 g/mol. The Balaban J connectivity index is 1.64. The lowest BCUT2D eigenvalue weighted by Gasteiger charge is -2.07. The van der Waals surface area contributed by atoms with E-state index in [1.165, 1.54) is 24.0 Å². The van der Waals surface area contributed by atoms with E-state index in [1.807, 2.05) is 24.3 Å². The first-order valence-electron chi connectivity index (χ1n) is 7.41. The Morgan fingerprint density at radius 3 is 2.77 bits per heavy atom. The number of halogens is 2. The topological polar surface area (TPSA) is 64.1 Å². The molecule has 1 aromatic heterocycles. The van der Waals surface area contributed by atoms with Gasteiger partial charge in [-0.2, -0.15) is 0 Å². The Kier molecular flexibility index (Phi) is 6.53. The molecule has 1 heterocycles. The molecule has 9 heteroatoms. The number of carbonyl (C=O) groups is 1. The van der Waals surface area contributed by atoms with E-state index in [-0.39, 0.29) is 5.91 Å². The highest BCUT2D eigenvalue weighted by Crippen LogP contribution is 2.30. The summed E-state index contributed by atoms with van der Waals surface area (Å²) in [5.74, 6) is 0.879. The average Bonchev–Trinajstić information content (AvgIpc) is 3.08. The van der Waals surface area contributed by atoms with Crippen molar-refractivity contribution in [1.29, 1.82) is 0 Å². The second-order valence-corrected chi connectivity index (χ2v) is 8.64. The van der Waals surface area contributed by atoms with E-state index in [4.69, 9.17) is 16.3 Å². The number of thioether (sulfide) groups is 1. The fourth-order valence-corrected chi connectivity index (χ4v) is 4.21. The van der Waals surface area contributed by atoms with Crippen LogP contribution in [0, 0.1) is 0 Å². The van der Waals surface area contributed by atoms with Crippen LogP contribution in [0.1, 0.15) is 15.9 Å². The number of hydrogen-bond acceptors (Lipinski definition) is 6. The second kappa shape index (κ2) is 8.85. The van der Waals surface area contributed by atoms with Crippen LogP contribution in [0.5, 0.6) is 5.75 Å². The summed E-state index contributed by atoms with van der Waals surface area (Å²) < 4.78 is 7.02. The molecule has 5 nitrogen and oxygen atoms in total. The van der Waals surface area contributed by atoms with Gasteiger partial charge in [-0.05, 0) is 35.9 Å². The van der Waals surface area contributed by atoms with Crippen molar-refractivity contribution >= 4 is 61.7 Å². The van der Waals surface area contributed by atoms with Crippen LogP contribution in [-0.2, 0) is 5.75 Å². The Morgan fingerprint density at radius 1 is 1.27 bits per heavy atom. The minimum atomic E-state index is -0.343. The Labute approximate surface area is 172 Å². The SMILES string of the molecule is COc1ccc(Cl)cc1C(=O)Nc1nnc(SCc2ccc(Br)cc2)s1. The summed E-state index contributed by atoms with van der Waals surface area (Å²) in [6.45, 7) is 0. The minimum Gasteiger partial charge on any atom is -0.496 e. The maximum Gasteiger partial charge on any atom is 0.261 e. The van der Waals surface area contributed by atoms with Crippen molar-refractivity contribution in [2.24, 2.45) is 0 Å². The normalized spacial score (nSPS) is 10.6. The lowest BCUT2D eigenvalue weighted by molar-refractivity contribution is 0.102. The molecule has 0 atom stereocenters. The predicted molar refractivity (Wildman–Crippen MR) is 110 cm³/mol. The zero-order valence-corrected chi connectivity index (χ0v) is 17.5. The number of amides is 1. The van der Waals surface area contributed by atoms with Crippen LogP contribution in [0.15, 0.2) is 51.3 Å². The van der Waals surface area contributed by atoms with Gasteiger partial charge in [-0.15, -0.1) is 10.2 Å². The van der Waals surface area contributed by atoms with Crippen LogP contribution in [0.2, 0.25) is 5.02 Å². The van der Waals surface area contributed by atoms with Crippen LogP contribution >= 0.6 is 50.6 Å². The zero-order chi connectivity index (χ0) is 18.5. The number of aromatic nitrogens is 2. The first-order valence-corrected chi connectivity index (χ1v) is 10.4. The molecule has 0 radical (unpaired) electrons. The van der Waals surface area contributed by atoms with Gasteiger partial charge in [0.25, 0.3) is 5.91 Å². The van der Waals surface area contributed by atoms with Crippen LogP contribution in [0.25, 0.3) is 0 Å². The highest BCUT2D eigenvalue weighted by molar-refractivity contribution is 9.10. The van der Waals surface area contributed by atoms with Crippen molar-refractivity contribution in [2.45, 2.75) is 10.1 Å². The van der Waals surface area contributed by atoms with Crippen molar-refractivity contribution in [3.05, 3.63) is 63.1 Å². The molecule has 1 N–H and O–H groups in total. The lowest BCUT2D eigenvalue weighted by Crippen LogP contribution is -2.13. The largest absolute Gasteiger partial charge is 0.496 e. The van der Waals surface area contributed by atoms with Crippen LogP contribution < -0.4 is 10.1 Å². The summed E-state index contributed by atoms with van der Waals surface area (Å²) in [6, 6.07) is 13.0. The molecule has 26 heavy (non-hydrogen) atoms. The molecule has 0 fully saturated rings. The number of nitrogens with zero attached hydrogens (tertiary/aromatic N) is 2. The lowest BCUT2D eigenvalue weighted by atomic mass is 10.2. The molecule has 2 aromatic carbocycles. The number of carbonyl (C=O) groups excluding carboxylic acids is 1. The van der Waals surface area contributed by atoms with E-state index in [0.29, 0.717) is 21.5 Å². The number of benzene rings is 2. The van der Waals surface area contributed by atoms with Gasteiger partial charge in [-0.25, -0.2) is 0 Å². The number of methoxy groups -OCH3 is 1. The summed E-state index contributed by atoms with van der Waals surface area (Å²) in [7, 11) is 1.50. The third kappa shape index (κ3) is 4.97. The number of hydrogen-bond donors (Lipinski definition) is 1. The first kappa shape index (κ1) is 19.2. The molecule has 0 spiro atoms. The van der Waals surface area contributed by atoms with Crippen molar-refractivity contribution < 1.29 is 9.53 Å². The van der Waals surface area contributed by atoms with Gasteiger partial charge in [-0.3, -0.25) is 10.1 Å². The van der Waals surface area contributed by atoms with Gasteiger partial charge >= 0.3 is 0 Å². The third-order valence-electron chi connectivity index (χ3n) is 3.31. The van der Waals surface area contributed by atoms with E-state index in [1.54, 1.807) is 30.0 Å². The summed E-state index contributed by atoms with van der Waals surface area (Å²) in [5, 5.41) is 11.7. The molecule has 3 aromatic rings. The maximum absolute atomic E-state index is 12.4. The molecule has 1 amide bonds. The van der Waals surface area contributed by atoms with Gasteiger partial charge in [0.2, 0.25) is 5.13 Å². The summed E-state index contributed by atoms with van der Waals surface area (Å²) in [4.78, 5) is 12.4. The molecule has 0 aliphatic carbocycles. The number of nitrogens with one attached hydrogen (secondary N) is 1. The van der Waals surface area contributed by atoms with E-state index in [2.05, 4.69) is 31.4 Å². The third-order valence-corrected chi connectivity index (χ3v) is 6.12. The maximum atomic E-state index is 12.4. The van der Waals surface area contributed by atoms with Crippen LogP contribution in [0.4, 0.5) is 5.13 Å². The van der Waals surface area contributed by atoms with E-state index >= 15 is 0 Å². The number of ether oxygens (including phenoxy) is 1. The fourth-order valence-electron chi connectivity index (χ4n) is 2.07. The Morgan fingerprint density at radius 2 is 2.04 bits per heavy atom. The summed E-state index contributed by atoms with van der Waals surface area (Å²) in [6.07, 6.45) is 0. The van der Waals surface area contributed by atoms with E-state index < -0.39 is 0 Å².